The highest BCUT2D eigenvalue weighted by atomic mass is 32.2. The summed E-state index contributed by atoms with van der Waals surface area (Å²) in [7, 11) is 1.44. The maximum atomic E-state index is 12.5. The smallest absolute Gasteiger partial charge is 0.288 e. The molecule has 140 valence electrons. The molecule has 0 saturated carbocycles. The molecule has 3 rings (SSSR count). The second-order valence-corrected chi connectivity index (χ2v) is 8.84. The van der Waals surface area contributed by atoms with Crippen molar-refractivity contribution in [3.05, 3.63) is 15.6 Å². The fourth-order valence-electron chi connectivity index (χ4n) is 3.27. The van der Waals surface area contributed by atoms with E-state index in [4.69, 9.17) is 0 Å². The van der Waals surface area contributed by atoms with E-state index >= 15 is 0 Å². The third-order valence-electron chi connectivity index (χ3n) is 4.81. The van der Waals surface area contributed by atoms with Crippen molar-refractivity contribution in [1.82, 2.24) is 14.8 Å². The Bertz CT molecular complexity index is 768. The molecule has 2 fully saturated rings. The molecule has 9 heteroatoms. The Kier molecular flexibility index (Phi) is 5.47. The number of imide groups is 1. The molecule has 3 amide bonds. The molecule has 3 heterocycles. The molecule has 1 aromatic heterocycles. The molecule has 0 N–H and O–H groups in total. The summed E-state index contributed by atoms with van der Waals surface area (Å²) in [4.78, 5) is 55.7. The Morgan fingerprint density at radius 1 is 1.23 bits per heavy atom. The van der Waals surface area contributed by atoms with Crippen LogP contribution in [-0.2, 0) is 9.59 Å². The number of hydrogen-bond acceptors (Lipinski definition) is 7. The number of thioether (sulfide) groups is 1. The van der Waals surface area contributed by atoms with E-state index in [0.717, 1.165) is 40.2 Å². The van der Waals surface area contributed by atoms with Gasteiger partial charge in [-0.25, -0.2) is 4.98 Å². The molecule has 0 aliphatic carbocycles. The van der Waals surface area contributed by atoms with E-state index in [1.54, 1.807) is 11.8 Å². The van der Waals surface area contributed by atoms with Gasteiger partial charge in [0.25, 0.3) is 5.24 Å². The molecule has 26 heavy (non-hydrogen) atoms. The first-order valence-corrected chi connectivity index (χ1v) is 10.2. The van der Waals surface area contributed by atoms with Crippen molar-refractivity contribution in [3.63, 3.8) is 0 Å². The van der Waals surface area contributed by atoms with Crippen LogP contribution in [0.1, 0.15) is 52.5 Å². The second-order valence-electron chi connectivity index (χ2n) is 6.65. The summed E-state index contributed by atoms with van der Waals surface area (Å²) < 4.78 is 0. The van der Waals surface area contributed by atoms with Crippen molar-refractivity contribution >= 4 is 45.9 Å². The zero-order chi connectivity index (χ0) is 19.0. The molecular weight excluding hydrogens is 374 g/mol. The average molecular weight is 396 g/mol. The van der Waals surface area contributed by atoms with Crippen molar-refractivity contribution in [1.29, 1.82) is 0 Å². The number of Topliss-reactive ketones (excluding diaryl/α,β-unsaturated/α-hetero) is 1. The zero-order valence-electron chi connectivity index (χ0n) is 15.0. The van der Waals surface area contributed by atoms with Crippen LogP contribution in [0.25, 0.3) is 0 Å². The topological polar surface area (TPSA) is 87.7 Å². The molecule has 0 unspecified atom stereocenters. The highest BCUT2D eigenvalue weighted by Gasteiger charge is 2.39. The zero-order valence-corrected chi connectivity index (χ0v) is 16.6. The molecule has 2 aliphatic rings. The van der Waals surface area contributed by atoms with E-state index in [1.165, 1.54) is 18.4 Å². The van der Waals surface area contributed by atoms with Gasteiger partial charge >= 0.3 is 0 Å². The Balaban J connectivity index is 1.56. The third kappa shape index (κ3) is 3.68. The standard InChI is InChI=1S/C17H21N3O4S2/c1-9-14(10(2)21)26-15(18-9)11-4-6-20(7-5-11)13(22)8-12-16(23)19(3)17(24)25-12/h11-12H,4-8H2,1-3H3/t12-/m0/s1. The molecule has 1 aromatic rings. The van der Waals surface area contributed by atoms with Gasteiger partial charge in [0.15, 0.2) is 5.78 Å². The van der Waals surface area contributed by atoms with Crippen LogP contribution in [0.4, 0.5) is 4.79 Å². The van der Waals surface area contributed by atoms with Gasteiger partial charge in [0.2, 0.25) is 11.8 Å². The number of aryl methyl sites for hydroxylation is 1. The van der Waals surface area contributed by atoms with Crippen LogP contribution in [0.3, 0.4) is 0 Å². The van der Waals surface area contributed by atoms with Gasteiger partial charge in [-0.15, -0.1) is 11.3 Å². The van der Waals surface area contributed by atoms with E-state index in [0.29, 0.717) is 18.0 Å². The number of rotatable bonds is 4. The molecule has 0 spiro atoms. The Morgan fingerprint density at radius 3 is 2.38 bits per heavy atom. The second kappa shape index (κ2) is 7.48. The van der Waals surface area contributed by atoms with Gasteiger partial charge in [0.1, 0.15) is 5.25 Å². The highest BCUT2D eigenvalue weighted by molar-refractivity contribution is 8.15. The van der Waals surface area contributed by atoms with Crippen LogP contribution in [0.2, 0.25) is 0 Å². The highest BCUT2D eigenvalue weighted by Crippen LogP contribution is 2.34. The molecule has 2 aliphatic heterocycles. The summed E-state index contributed by atoms with van der Waals surface area (Å²) in [5.74, 6) is -0.0847. The number of likely N-dealkylation sites (tertiary alicyclic amines) is 1. The first kappa shape index (κ1) is 19.0. The SMILES string of the molecule is CC(=O)c1sc(C2CCN(C(=O)C[C@@H]3SC(=O)N(C)C3=O)CC2)nc1C. The van der Waals surface area contributed by atoms with E-state index in [-0.39, 0.29) is 35.2 Å². The molecule has 7 nitrogen and oxygen atoms in total. The van der Waals surface area contributed by atoms with Crippen LogP contribution in [0, 0.1) is 6.92 Å². The predicted octanol–water partition coefficient (Wildman–Crippen LogP) is 2.44. The Morgan fingerprint density at radius 2 is 1.88 bits per heavy atom. The number of nitrogens with zero attached hydrogens (tertiary/aromatic N) is 3. The van der Waals surface area contributed by atoms with Crippen molar-refractivity contribution < 1.29 is 19.2 Å². The van der Waals surface area contributed by atoms with Crippen LogP contribution in [-0.4, -0.2) is 63.0 Å². The fraction of sp³-hybridized carbons (Fsp3) is 0.588. The van der Waals surface area contributed by atoms with E-state index in [9.17, 15) is 19.2 Å². The fourth-order valence-corrected chi connectivity index (χ4v) is 5.38. The quantitative estimate of drug-likeness (QED) is 0.728. The predicted molar refractivity (Wildman–Crippen MR) is 99.6 cm³/mol. The van der Waals surface area contributed by atoms with Crippen LogP contribution in [0.5, 0.6) is 0 Å². The van der Waals surface area contributed by atoms with Crippen LogP contribution in [0.15, 0.2) is 0 Å². The van der Waals surface area contributed by atoms with E-state index < -0.39 is 5.25 Å². The Hall–Kier alpha value is -1.74. The first-order valence-electron chi connectivity index (χ1n) is 8.52. The summed E-state index contributed by atoms with van der Waals surface area (Å²) >= 11 is 2.38. The molecular formula is C17H21N3O4S2. The van der Waals surface area contributed by atoms with Crippen molar-refractivity contribution in [3.8, 4) is 0 Å². The number of amides is 3. The number of hydrogen-bond donors (Lipinski definition) is 0. The molecule has 0 bridgehead atoms. The minimum Gasteiger partial charge on any atom is -0.343 e. The summed E-state index contributed by atoms with van der Waals surface area (Å²) in [6.07, 6.45) is 1.65. The van der Waals surface area contributed by atoms with Gasteiger partial charge in [-0.2, -0.15) is 0 Å². The number of thiazole rings is 1. The molecule has 1 atom stereocenters. The van der Waals surface area contributed by atoms with E-state index in [2.05, 4.69) is 4.98 Å². The van der Waals surface area contributed by atoms with Crippen molar-refractivity contribution in [2.45, 2.75) is 44.3 Å². The van der Waals surface area contributed by atoms with Crippen molar-refractivity contribution in [2.24, 2.45) is 0 Å². The summed E-state index contributed by atoms with van der Waals surface area (Å²) in [6.45, 7) is 4.61. The van der Waals surface area contributed by atoms with Crippen LogP contribution < -0.4 is 0 Å². The van der Waals surface area contributed by atoms with Gasteiger partial charge in [-0.05, 0) is 19.8 Å². The number of ketones is 1. The molecule has 2 saturated heterocycles. The average Bonchev–Trinajstić information content (AvgIpc) is 3.11. The van der Waals surface area contributed by atoms with Gasteiger partial charge in [-0.3, -0.25) is 24.1 Å². The Labute approximate surface area is 160 Å². The lowest BCUT2D eigenvalue weighted by atomic mass is 9.97. The monoisotopic (exact) mass is 395 g/mol. The van der Waals surface area contributed by atoms with Gasteiger partial charge in [0.05, 0.1) is 15.6 Å². The number of piperidine rings is 1. The van der Waals surface area contributed by atoms with Gasteiger partial charge in [-0.1, -0.05) is 11.8 Å². The van der Waals surface area contributed by atoms with E-state index in [1.807, 2.05) is 6.92 Å². The van der Waals surface area contributed by atoms with Gasteiger partial charge in [0, 0.05) is 39.4 Å². The lowest BCUT2D eigenvalue weighted by Gasteiger charge is -2.31. The third-order valence-corrected chi connectivity index (χ3v) is 7.36. The van der Waals surface area contributed by atoms with Crippen molar-refractivity contribution in [2.75, 3.05) is 20.1 Å². The minimum absolute atomic E-state index is 0.0390. The lowest BCUT2D eigenvalue weighted by Crippen LogP contribution is -2.40. The minimum atomic E-state index is -0.600. The van der Waals surface area contributed by atoms with Gasteiger partial charge < -0.3 is 4.90 Å². The number of carbonyl (C=O) groups excluding carboxylic acids is 4. The van der Waals surface area contributed by atoms with Crippen LogP contribution >= 0.6 is 23.1 Å². The first-order chi connectivity index (χ1) is 12.3. The summed E-state index contributed by atoms with van der Waals surface area (Å²) in [6, 6.07) is 0. The number of aromatic nitrogens is 1. The lowest BCUT2D eigenvalue weighted by molar-refractivity contribution is -0.135. The number of carbonyl (C=O) groups is 4. The maximum Gasteiger partial charge on any atom is 0.288 e. The summed E-state index contributed by atoms with van der Waals surface area (Å²) in [5, 5.41) is 0.0675. The largest absolute Gasteiger partial charge is 0.343 e. The molecule has 0 aromatic carbocycles. The normalized spacial score (nSPS) is 21.6. The maximum absolute atomic E-state index is 12.5. The molecule has 0 radical (unpaired) electrons. The summed E-state index contributed by atoms with van der Waals surface area (Å²) in [5.41, 5.74) is 0.779.